The molecule has 138 valence electrons. The van der Waals surface area contributed by atoms with E-state index in [-0.39, 0.29) is 21.8 Å². The highest BCUT2D eigenvalue weighted by Gasteiger charge is 2.21. The molecule has 0 radical (unpaired) electrons. The number of carbonyl (C=O) groups excluding carboxylic acids is 1. The van der Waals surface area contributed by atoms with Gasteiger partial charge in [-0.2, -0.15) is 0 Å². The van der Waals surface area contributed by atoms with Crippen LogP contribution in [0.4, 0.5) is 11.4 Å². The van der Waals surface area contributed by atoms with E-state index in [0.717, 1.165) is 0 Å². The Morgan fingerprint density at radius 1 is 1.15 bits per heavy atom. The predicted molar refractivity (Wildman–Crippen MR) is 96.2 cm³/mol. The van der Waals surface area contributed by atoms with Gasteiger partial charge in [0.15, 0.2) is 0 Å². The average molecular weight is 378 g/mol. The number of carboxylic acid groups (broad SMARTS) is 1. The zero-order valence-electron chi connectivity index (χ0n) is 14.4. The number of anilines is 2. The average Bonchev–Trinajstić information content (AvgIpc) is 2.55. The van der Waals surface area contributed by atoms with E-state index in [4.69, 9.17) is 4.74 Å². The fraction of sp³-hybridized carbons (Fsp3) is 0.176. The summed E-state index contributed by atoms with van der Waals surface area (Å²) in [5.74, 6) is -1.35. The summed E-state index contributed by atoms with van der Waals surface area (Å²) >= 11 is 0. The molecule has 8 nitrogen and oxygen atoms in total. The highest BCUT2D eigenvalue weighted by atomic mass is 32.2. The molecule has 2 aromatic carbocycles. The van der Waals surface area contributed by atoms with Gasteiger partial charge in [0.2, 0.25) is 5.91 Å². The number of carbonyl (C=O) groups is 2. The van der Waals surface area contributed by atoms with Gasteiger partial charge in [0.1, 0.15) is 5.75 Å². The summed E-state index contributed by atoms with van der Waals surface area (Å²) in [6.07, 6.45) is 0. The molecule has 2 aromatic rings. The fourth-order valence-electron chi connectivity index (χ4n) is 2.32. The third-order valence-corrected chi connectivity index (χ3v) is 4.88. The number of rotatable bonds is 6. The maximum absolute atomic E-state index is 12.7. The summed E-state index contributed by atoms with van der Waals surface area (Å²) < 4.78 is 32.8. The molecule has 0 unspecified atom stereocenters. The van der Waals surface area contributed by atoms with Gasteiger partial charge >= 0.3 is 5.97 Å². The summed E-state index contributed by atoms with van der Waals surface area (Å²) in [4.78, 5) is 22.5. The summed E-state index contributed by atoms with van der Waals surface area (Å²) in [7, 11) is -2.71. The Hall–Kier alpha value is -3.07. The van der Waals surface area contributed by atoms with Crippen molar-refractivity contribution in [2.75, 3.05) is 17.1 Å². The van der Waals surface area contributed by atoms with E-state index >= 15 is 0 Å². The van der Waals surface area contributed by atoms with Crippen molar-refractivity contribution in [3.05, 3.63) is 47.5 Å². The van der Waals surface area contributed by atoms with Crippen LogP contribution in [0.2, 0.25) is 0 Å². The quantitative estimate of drug-likeness (QED) is 0.710. The SMILES string of the molecule is COc1ccc(S(=O)(=O)Nc2c(C)cccc2C(=O)O)cc1NC(C)=O. The highest BCUT2D eigenvalue weighted by molar-refractivity contribution is 7.92. The van der Waals surface area contributed by atoms with Gasteiger partial charge in [0, 0.05) is 6.92 Å². The predicted octanol–water partition coefficient (Wildman–Crippen LogP) is 2.46. The van der Waals surface area contributed by atoms with Gasteiger partial charge in [-0.1, -0.05) is 12.1 Å². The molecule has 0 bridgehead atoms. The molecule has 0 aromatic heterocycles. The Morgan fingerprint density at radius 3 is 2.42 bits per heavy atom. The van der Waals surface area contributed by atoms with Crippen LogP contribution in [-0.2, 0) is 14.8 Å². The minimum absolute atomic E-state index is 0.0168. The van der Waals surface area contributed by atoms with Crippen LogP contribution in [0.15, 0.2) is 41.3 Å². The van der Waals surface area contributed by atoms with Gasteiger partial charge in [0.25, 0.3) is 10.0 Å². The number of amides is 1. The number of ether oxygens (including phenoxy) is 1. The maximum atomic E-state index is 12.7. The van der Waals surface area contributed by atoms with Gasteiger partial charge < -0.3 is 15.2 Å². The minimum atomic E-state index is -4.10. The highest BCUT2D eigenvalue weighted by Crippen LogP contribution is 2.30. The lowest BCUT2D eigenvalue weighted by Gasteiger charge is -2.15. The van der Waals surface area contributed by atoms with Gasteiger partial charge in [-0.3, -0.25) is 9.52 Å². The molecule has 0 aliphatic carbocycles. The Kier molecular flexibility index (Phi) is 5.51. The molecule has 0 aliphatic heterocycles. The number of methoxy groups -OCH3 is 1. The Morgan fingerprint density at radius 2 is 1.85 bits per heavy atom. The fourth-order valence-corrected chi connectivity index (χ4v) is 3.49. The lowest BCUT2D eigenvalue weighted by atomic mass is 10.1. The Bertz CT molecular complexity index is 969. The van der Waals surface area contributed by atoms with Crippen LogP contribution in [0.5, 0.6) is 5.75 Å². The number of benzene rings is 2. The molecule has 0 saturated carbocycles. The van der Waals surface area contributed by atoms with Crippen LogP contribution < -0.4 is 14.8 Å². The van der Waals surface area contributed by atoms with Crippen molar-refractivity contribution in [1.82, 2.24) is 0 Å². The number of hydrogen-bond donors (Lipinski definition) is 3. The zero-order valence-corrected chi connectivity index (χ0v) is 15.2. The molecule has 2 rings (SSSR count). The van der Waals surface area contributed by atoms with Crippen LogP contribution in [0.1, 0.15) is 22.8 Å². The third-order valence-electron chi connectivity index (χ3n) is 3.53. The molecule has 0 fully saturated rings. The lowest BCUT2D eigenvalue weighted by molar-refractivity contribution is -0.114. The monoisotopic (exact) mass is 378 g/mol. The molecule has 1 amide bonds. The van der Waals surface area contributed by atoms with E-state index in [9.17, 15) is 23.1 Å². The van der Waals surface area contributed by atoms with Crippen LogP contribution in [-0.4, -0.2) is 32.5 Å². The van der Waals surface area contributed by atoms with Gasteiger partial charge in [-0.25, -0.2) is 13.2 Å². The van der Waals surface area contributed by atoms with Crippen molar-refractivity contribution >= 4 is 33.3 Å². The number of aryl methyl sites for hydroxylation is 1. The van der Waals surface area contributed by atoms with Gasteiger partial charge in [-0.15, -0.1) is 0 Å². The van der Waals surface area contributed by atoms with Crippen molar-refractivity contribution < 1.29 is 27.9 Å². The first kappa shape index (κ1) is 19.3. The second-order valence-corrected chi connectivity index (χ2v) is 7.13. The summed E-state index contributed by atoms with van der Waals surface area (Å²) in [5.41, 5.74) is 0.469. The molecular formula is C17H18N2O6S. The van der Waals surface area contributed by atoms with Crippen molar-refractivity contribution in [3.8, 4) is 5.75 Å². The molecule has 0 spiro atoms. The first-order chi connectivity index (χ1) is 12.2. The van der Waals surface area contributed by atoms with Crippen LogP contribution >= 0.6 is 0 Å². The number of para-hydroxylation sites is 1. The van der Waals surface area contributed by atoms with E-state index < -0.39 is 21.9 Å². The molecule has 26 heavy (non-hydrogen) atoms. The van der Waals surface area contributed by atoms with E-state index in [2.05, 4.69) is 10.0 Å². The lowest BCUT2D eigenvalue weighted by Crippen LogP contribution is -2.17. The maximum Gasteiger partial charge on any atom is 0.337 e. The normalized spacial score (nSPS) is 10.9. The first-order valence-corrected chi connectivity index (χ1v) is 8.95. The number of carboxylic acids is 1. The van der Waals surface area contributed by atoms with Crippen LogP contribution in [0.25, 0.3) is 0 Å². The van der Waals surface area contributed by atoms with E-state index in [1.54, 1.807) is 13.0 Å². The Labute approximate surface area is 150 Å². The number of nitrogens with one attached hydrogen (secondary N) is 2. The summed E-state index contributed by atoms with van der Waals surface area (Å²) in [6, 6.07) is 8.37. The number of aromatic carboxylic acids is 1. The molecule has 0 aliphatic rings. The zero-order chi connectivity index (χ0) is 19.5. The van der Waals surface area contributed by atoms with Crippen molar-refractivity contribution in [1.29, 1.82) is 0 Å². The van der Waals surface area contributed by atoms with E-state index in [1.807, 2.05) is 0 Å². The van der Waals surface area contributed by atoms with E-state index in [1.165, 1.54) is 44.4 Å². The Balaban J connectivity index is 2.49. The van der Waals surface area contributed by atoms with Crippen molar-refractivity contribution in [2.45, 2.75) is 18.7 Å². The smallest absolute Gasteiger partial charge is 0.337 e. The van der Waals surface area contributed by atoms with E-state index in [0.29, 0.717) is 11.3 Å². The van der Waals surface area contributed by atoms with Gasteiger partial charge in [0.05, 0.1) is 28.9 Å². The van der Waals surface area contributed by atoms with Crippen LogP contribution in [0, 0.1) is 6.92 Å². The number of sulfonamides is 1. The third kappa shape index (κ3) is 4.12. The number of hydrogen-bond acceptors (Lipinski definition) is 5. The molecule has 0 saturated heterocycles. The second-order valence-electron chi connectivity index (χ2n) is 5.45. The minimum Gasteiger partial charge on any atom is -0.495 e. The molecule has 0 heterocycles. The summed E-state index contributed by atoms with van der Waals surface area (Å²) in [5, 5.41) is 11.8. The standard InChI is InChI=1S/C17H18N2O6S/c1-10-5-4-6-13(17(21)22)16(10)19-26(23,24)12-7-8-15(25-3)14(9-12)18-11(2)20/h4-9,19H,1-3H3,(H,18,20)(H,21,22). The summed E-state index contributed by atoms with van der Waals surface area (Å²) in [6.45, 7) is 2.88. The molecule has 0 atom stereocenters. The molecular weight excluding hydrogens is 360 g/mol. The topological polar surface area (TPSA) is 122 Å². The van der Waals surface area contributed by atoms with Crippen LogP contribution in [0.3, 0.4) is 0 Å². The van der Waals surface area contributed by atoms with Crippen molar-refractivity contribution in [3.63, 3.8) is 0 Å². The second kappa shape index (κ2) is 7.44. The molecule has 9 heteroatoms. The van der Waals surface area contributed by atoms with Gasteiger partial charge in [-0.05, 0) is 36.8 Å². The molecule has 3 N–H and O–H groups in total. The largest absolute Gasteiger partial charge is 0.495 e. The van der Waals surface area contributed by atoms with Crippen molar-refractivity contribution in [2.24, 2.45) is 0 Å². The first-order valence-electron chi connectivity index (χ1n) is 7.47.